The number of hydrogen-bond acceptors (Lipinski definition) is 2. The number of likely N-dealkylation sites (tertiary alicyclic amines) is 1. The zero-order valence-corrected chi connectivity index (χ0v) is 14.0. The van der Waals surface area contributed by atoms with Gasteiger partial charge in [0.05, 0.1) is 0 Å². The molecule has 0 spiro atoms. The van der Waals surface area contributed by atoms with Crippen LogP contribution in [0.1, 0.15) is 58.1 Å². The summed E-state index contributed by atoms with van der Waals surface area (Å²) in [6.45, 7) is 9.36. The van der Waals surface area contributed by atoms with Crippen molar-refractivity contribution in [2.24, 2.45) is 17.6 Å². The third-order valence-electron chi connectivity index (χ3n) is 5.00. The van der Waals surface area contributed by atoms with Crippen LogP contribution in [0.4, 0.5) is 0 Å². The van der Waals surface area contributed by atoms with Gasteiger partial charge >= 0.3 is 0 Å². The molecule has 2 atom stereocenters. The summed E-state index contributed by atoms with van der Waals surface area (Å²) in [7, 11) is 0. The summed E-state index contributed by atoms with van der Waals surface area (Å²) in [5.41, 5.74) is 7.89. The number of hydrogen-bond donors (Lipinski definition) is 1. The Hall–Kier alpha value is -0.860. The molecule has 1 aromatic rings. The van der Waals surface area contributed by atoms with Crippen molar-refractivity contribution in [3.05, 3.63) is 35.9 Å². The van der Waals surface area contributed by atoms with E-state index >= 15 is 0 Å². The molecule has 0 aliphatic carbocycles. The largest absolute Gasteiger partial charge is 0.323 e. The van der Waals surface area contributed by atoms with Crippen molar-refractivity contribution in [3.8, 4) is 0 Å². The van der Waals surface area contributed by atoms with Crippen molar-refractivity contribution >= 4 is 0 Å². The van der Waals surface area contributed by atoms with Gasteiger partial charge in [0.1, 0.15) is 0 Å². The van der Waals surface area contributed by atoms with Crippen LogP contribution < -0.4 is 5.73 Å². The molecular weight excluding hydrogens is 256 g/mol. The lowest BCUT2D eigenvalue weighted by Gasteiger charge is -2.42. The van der Waals surface area contributed by atoms with Crippen LogP contribution in [0.2, 0.25) is 0 Å². The molecule has 2 rings (SSSR count). The predicted octanol–water partition coefficient (Wildman–Crippen LogP) is 4.22. The summed E-state index contributed by atoms with van der Waals surface area (Å²) in [4.78, 5) is 2.65. The Balaban J connectivity index is 2.03. The summed E-state index contributed by atoms with van der Waals surface area (Å²) in [5.74, 6) is 1.52. The quantitative estimate of drug-likeness (QED) is 0.849. The van der Waals surface area contributed by atoms with E-state index < -0.39 is 0 Å². The molecule has 0 saturated carbocycles. The number of nitrogens with two attached hydrogens (primary N) is 1. The Morgan fingerprint density at radius 1 is 1.14 bits per heavy atom. The van der Waals surface area contributed by atoms with Gasteiger partial charge in [-0.1, -0.05) is 63.9 Å². The third-order valence-corrected chi connectivity index (χ3v) is 5.00. The van der Waals surface area contributed by atoms with Crippen molar-refractivity contribution in [2.75, 3.05) is 13.1 Å². The zero-order valence-electron chi connectivity index (χ0n) is 14.0. The molecule has 0 aromatic heterocycles. The third kappa shape index (κ3) is 4.31. The lowest BCUT2D eigenvalue weighted by Crippen LogP contribution is -2.49. The Labute approximate surface area is 130 Å². The van der Waals surface area contributed by atoms with E-state index in [-0.39, 0.29) is 6.04 Å². The van der Waals surface area contributed by atoms with E-state index in [4.69, 9.17) is 5.73 Å². The summed E-state index contributed by atoms with van der Waals surface area (Å²) in [6.07, 6.45) is 5.41. The Bertz CT molecular complexity index is 393. The van der Waals surface area contributed by atoms with E-state index in [2.05, 4.69) is 56.0 Å². The maximum atomic E-state index is 6.62. The average Bonchev–Trinajstić information content (AvgIpc) is 2.50. The molecule has 1 aromatic carbocycles. The van der Waals surface area contributed by atoms with E-state index in [1.54, 1.807) is 0 Å². The van der Waals surface area contributed by atoms with Gasteiger partial charge in [-0.25, -0.2) is 0 Å². The minimum atomic E-state index is 0.119. The van der Waals surface area contributed by atoms with Crippen molar-refractivity contribution in [1.82, 2.24) is 4.90 Å². The smallest absolute Gasteiger partial charge is 0.0455 e. The summed E-state index contributed by atoms with van der Waals surface area (Å²) >= 11 is 0. The summed E-state index contributed by atoms with van der Waals surface area (Å²) in [6, 6.07) is 11.2. The normalized spacial score (nSPS) is 20.6. The van der Waals surface area contributed by atoms with Crippen molar-refractivity contribution in [1.29, 1.82) is 0 Å². The molecule has 1 aliphatic rings. The van der Waals surface area contributed by atoms with Crippen LogP contribution in [-0.2, 0) is 0 Å². The minimum absolute atomic E-state index is 0.119. The van der Waals surface area contributed by atoms with Crippen LogP contribution in [0.5, 0.6) is 0 Å². The standard InChI is InChI=1S/C19H32N2/c1-4-8-16-11-13-21(14-12-16)19(15(2)3)18(20)17-9-6-5-7-10-17/h5-7,9-10,15-16,18-19H,4,8,11-14,20H2,1-3H3. The van der Waals surface area contributed by atoms with Crippen LogP contribution in [0, 0.1) is 11.8 Å². The molecule has 2 unspecified atom stereocenters. The average molecular weight is 288 g/mol. The highest BCUT2D eigenvalue weighted by Crippen LogP contribution is 2.30. The number of rotatable bonds is 6. The van der Waals surface area contributed by atoms with Crippen molar-refractivity contribution in [2.45, 2.75) is 58.5 Å². The highest BCUT2D eigenvalue weighted by molar-refractivity contribution is 5.20. The molecule has 118 valence electrons. The van der Waals surface area contributed by atoms with Gasteiger partial charge in [0, 0.05) is 12.1 Å². The van der Waals surface area contributed by atoms with Gasteiger partial charge < -0.3 is 5.73 Å². The van der Waals surface area contributed by atoms with Crippen molar-refractivity contribution < 1.29 is 0 Å². The van der Waals surface area contributed by atoms with Crippen LogP contribution in [-0.4, -0.2) is 24.0 Å². The maximum absolute atomic E-state index is 6.62. The van der Waals surface area contributed by atoms with E-state index in [1.165, 1.54) is 44.3 Å². The van der Waals surface area contributed by atoms with E-state index in [1.807, 2.05) is 0 Å². The van der Waals surface area contributed by atoms with Crippen LogP contribution in [0.3, 0.4) is 0 Å². The Morgan fingerprint density at radius 2 is 1.76 bits per heavy atom. The van der Waals surface area contributed by atoms with Crippen LogP contribution in [0.25, 0.3) is 0 Å². The monoisotopic (exact) mass is 288 g/mol. The highest BCUT2D eigenvalue weighted by Gasteiger charge is 2.31. The van der Waals surface area contributed by atoms with E-state index in [9.17, 15) is 0 Å². The summed E-state index contributed by atoms with van der Waals surface area (Å²) in [5, 5.41) is 0. The van der Waals surface area contributed by atoms with Crippen LogP contribution in [0.15, 0.2) is 30.3 Å². The number of benzene rings is 1. The van der Waals surface area contributed by atoms with Gasteiger partial charge in [-0.05, 0) is 43.3 Å². The highest BCUT2D eigenvalue weighted by atomic mass is 15.2. The van der Waals surface area contributed by atoms with Crippen molar-refractivity contribution in [3.63, 3.8) is 0 Å². The Morgan fingerprint density at radius 3 is 2.29 bits per heavy atom. The molecule has 1 heterocycles. The molecule has 1 saturated heterocycles. The fourth-order valence-corrected chi connectivity index (χ4v) is 3.88. The Kier molecular flexibility index (Phi) is 6.25. The molecule has 0 radical (unpaired) electrons. The lowest BCUT2D eigenvalue weighted by atomic mass is 9.86. The minimum Gasteiger partial charge on any atom is -0.323 e. The molecule has 2 heteroatoms. The predicted molar refractivity (Wildman–Crippen MR) is 91.2 cm³/mol. The molecular formula is C19H32N2. The molecule has 21 heavy (non-hydrogen) atoms. The molecule has 0 amide bonds. The van der Waals surface area contributed by atoms with Gasteiger partial charge in [0.15, 0.2) is 0 Å². The fourth-order valence-electron chi connectivity index (χ4n) is 3.88. The van der Waals surface area contributed by atoms with E-state index in [0.29, 0.717) is 12.0 Å². The maximum Gasteiger partial charge on any atom is 0.0455 e. The fraction of sp³-hybridized carbons (Fsp3) is 0.684. The molecule has 2 N–H and O–H groups in total. The zero-order chi connectivity index (χ0) is 15.2. The molecule has 2 nitrogen and oxygen atoms in total. The first kappa shape index (κ1) is 16.5. The first-order valence-electron chi connectivity index (χ1n) is 8.68. The van der Waals surface area contributed by atoms with Gasteiger partial charge in [0.2, 0.25) is 0 Å². The van der Waals surface area contributed by atoms with Crippen LogP contribution >= 0.6 is 0 Å². The second-order valence-corrected chi connectivity index (χ2v) is 6.94. The van der Waals surface area contributed by atoms with Gasteiger partial charge in [0.25, 0.3) is 0 Å². The van der Waals surface area contributed by atoms with Gasteiger partial charge in [-0.15, -0.1) is 0 Å². The first-order valence-corrected chi connectivity index (χ1v) is 8.68. The van der Waals surface area contributed by atoms with E-state index in [0.717, 1.165) is 5.92 Å². The lowest BCUT2D eigenvalue weighted by molar-refractivity contribution is 0.0845. The SMILES string of the molecule is CCCC1CCN(C(C(C)C)C(N)c2ccccc2)CC1. The first-order chi connectivity index (χ1) is 10.1. The topological polar surface area (TPSA) is 29.3 Å². The number of piperidine rings is 1. The summed E-state index contributed by atoms with van der Waals surface area (Å²) < 4.78 is 0. The second kappa shape index (κ2) is 7.95. The molecule has 1 fully saturated rings. The van der Waals surface area contributed by atoms with Gasteiger partial charge in [-0.3, -0.25) is 4.90 Å². The molecule has 0 bridgehead atoms. The van der Waals surface area contributed by atoms with Gasteiger partial charge in [-0.2, -0.15) is 0 Å². The molecule has 1 aliphatic heterocycles. The number of nitrogens with zero attached hydrogens (tertiary/aromatic N) is 1. The second-order valence-electron chi connectivity index (χ2n) is 6.94.